The van der Waals surface area contributed by atoms with Crippen LogP contribution in [-0.4, -0.2) is 22.1 Å². The van der Waals surface area contributed by atoms with Crippen LogP contribution in [0.5, 0.6) is 0 Å². The molecule has 0 aliphatic carbocycles. The molecule has 116 valence electrons. The number of nitrogens with two attached hydrogens (primary N) is 1. The molecule has 0 fully saturated rings. The molecule has 0 radical (unpaired) electrons. The number of aromatic nitrogens is 2. The van der Waals surface area contributed by atoms with Gasteiger partial charge < -0.3 is 15.6 Å². The van der Waals surface area contributed by atoms with Crippen LogP contribution in [0.25, 0.3) is 5.69 Å². The molecule has 2 rings (SSSR count). The van der Waals surface area contributed by atoms with Crippen LogP contribution in [0.3, 0.4) is 0 Å². The van der Waals surface area contributed by atoms with Crippen molar-refractivity contribution in [2.24, 2.45) is 10.7 Å². The number of benzene rings is 1. The predicted molar refractivity (Wildman–Crippen MR) is 86.4 cm³/mol. The van der Waals surface area contributed by atoms with Crippen LogP contribution < -0.4 is 11.1 Å². The molecule has 0 atom stereocenters. The van der Waals surface area contributed by atoms with Crippen molar-refractivity contribution >= 4 is 5.96 Å². The maximum Gasteiger partial charge on any atom is 0.189 e. The SMILES string of the molecule is C=C(C)CNC(N)=NCc1ccc(-n2ccnc2C)c(F)c1. The van der Waals surface area contributed by atoms with Crippen LogP contribution in [0.4, 0.5) is 4.39 Å². The van der Waals surface area contributed by atoms with Gasteiger partial charge in [-0.25, -0.2) is 14.4 Å². The number of aryl methyl sites for hydroxylation is 1. The monoisotopic (exact) mass is 301 g/mol. The lowest BCUT2D eigenvalue weighted by Gasteiger charge is -2.08. The van der Waals surface area contributed by atoms with E-state index in [1.165, 1.54) is 6.07 Å². The minimum absolute atomic E-state index is 0.315. The van der Waals surface area contributed by atoms with E-state index in [0.29, 0.717) is 24.7 Å². The van der Waals surface area contributed by atoms with Gasteiger partial charge in [0.2, 0.25) is 0 Å². The van der Waals surface area contributed by atoms with E-state index in [1.807, 2.05) is 19.9 Å². The Bertz CT molecular complexity index is 702. The number of hydrogen-bond acceptors (Lipinski definition) is 2. The highest BCUT2D eigenvalue weighted by molar-refractivity contribution is 5.78. The number of rotatable bonds is 5. The van der Waals surface area contributed by atoms with Crippen molar-refractivity contribution in [3.63, 3.8) is 0 Å². The Hall–Kier alpha value is -2.63. The largest absolute Gasteiger partial charge is 0.370 e. The first-order chi connectivity index (χ1) is 10.5. The standard InChI is InChI=1S/C16H20FN5/c1-11(2)9-20-16(18)21-10-13-4-5-15(14(17)8-13)22-7-6-19-12(22)3/h4-8H,1,9-10H2,2-3H3,(H3,18,20,21). The third kappa shape index (κ3) is 3.94. The highest BCUT2D eigenvalue weighted by atomic mass is 19.1. The van der Waals surface area contributed by atoms with Crippen molar-refractivity contribution in [3.05, 3.63) is 59.9 Å². The topological polar surface area (TPSA) is 68.2 Å². The molecule has 0 spiro atoms. The molecule has 0 saturated carbocycles. The summed E-state index contributed by atoms with van der Waals surface area (Å²) in [4.78, 5) is 8.27. The second-order valence-corrected chi connectivity index (χ2v) is 5.14. The van der Waals surface area contributed by atoms with Crippen LogP contribution in [-0.2, 0) is 6.54 Å². The Morgan fingerprint density at radius 2 is 2.27 bits per heavy atom. The fourth-order valence-corrected chi connectivity index (χ4v) is 1.95. The maximum absolute atomic E-state index is 14.2. The lowest BCUT2D eigenvalue weighted by molar-refractivity contribution is 0.614. The maximum atomic E-state index is 14.2. The van der Waals surface area contributed by atoms with Gasteiger partial charge in [-0.15, -0.1) is 0 Å². The van der Waals surface area contributed by atoms with Gasteiger partial charge >= 0.3 is 0 Å². The molecule has 1 aromatic heterocycles. The molecule has 0 aliphatic rings. The molecule has 1 heterocycles. The summed E-state index contributed by atoms with van der Waals surface area (Å²) in [5.74, 6) is 0.734. The fourth-order valence-electron chi connectivity index (χ4n) is 1.95. The number of aliphatic imine (C=N–C) groups is 1. The predicted octanol–water partition coefficient (Wildman–Crippen LogP) is 2.30. The molecule has 0 saturated heterocycles. The first-order valence-electron chi connectivity index (χ1n) is 6.94. The van der Waals surface area contributed by atoms with Crippen LogP contribution in [0.2, 0.25) is 0 Å². The molecule has 5 nitrogen and oxygen atoms in total. The lowest BCUT2D eigenvalue weighted by Crippen LogP contribution is -2.32. The third-order valence-electron chi connectivity index (χ3n) is 3.10. The molecule has 3 N–H and O–H groups in total. The summed E-state index contributed by atoms with van der Waals surface area (Å²) in [6.07, 6.45) is 3.37. The second kappa shape index (κ2) is 6.89. The van der Waals surface area contributed by atoms with E-state index in [0.717, 1.165) is 17.0 Å². The third-order valence-corrected chi connectivity index (χ3v) is 3.10. The van der Waals surface area contributed by atoms with Gasteiger partial charge in [-0.1, -0.05) is 18.2 Å². The Balaban J connectivity index is 2.08. The minimum atomic E-state index is -0.317. The van der Waals surface area contributed by atoms with Gasteiger partial charge in [0.15, 0.2) is 5.96 Å². The molecule has 0 bridgehead atoms. The van der Waals surface area contributed by atoms with E-state index < -0.39 is 0 Å². The van der Waals surface area contributed by atoms with E-state index in [2.05, 4.69) is 21.9 Å². The van der Waals surface area contributed by atoms with Crippen molar-refractivity contribution in [2.45, 2.75) is 20.4 Å². The van der Waals surface area contributed by atoms with Crippen molar-refractivity contribution < 1.29 is 4.39 Å². The summed E-state index contributed by atoms with van der Waals surface area (Å²) in [5, 5.41) is 2.93. The van der Waals surface area contributed by atoms with E-state index >= 15 is 0 Å². The molecular weight excluding hydrogens is 281 g/mol. The van der Waals surface area contributed by atoms with Gasteiger partial charge in [0.25, 0.3) is 0 Å². The highest BCUT2D eigenvalue weighted by Gasteiger charge is 2.07. The van der Waals surface area contributed by atoms with E-state index in [9.17, 15) is 4.39 Å². The zero-order valence-corrected chi connectivity index (χ0v) is 12.8. The molecule has 2 aromatic rings. The van der Waals surface area contributed by atoms with Crippen LogP contribution >= 0.6 is 0 Å². The molecule has 1 aromatic carbocycles. The zero-order chi connectivity index (χ0) is 16.1. The smallest absolute Gasteiger partial charge is 0.189 e. The summed E-state index contributed by atoms with van der Waals surface area (Å²) in [5.41, 5.74) is 7.91. The summed E-state index contributed by atoms with van der Waals surface area (Å²) in [6.45, 7) is 8.37. The van der Waals surface area contributed by atoms with Crippen molar-refractivity contribution in [1.29, 1.82) is 0 Å². The van der Waals surface area contributed by atoms with Gasteiger partial charge in [0.1, 0.15) is 11.6 Å². The van der Waals surface area contributed by atoms with Crippen LogP contribution in [0, 0.1) is 12.7 Å². The van der Waals surface area contributed by atoms with Gasteiger partial charge in [-0.05, 0) is 31.5 Å². The van der Waals surface area contributed by atoms with Crippen LogP contribution in [0.15, 0.2) is 47.7 Å². The molecule has 0 amide bonds. The average molecular weight is 301 g/mol. The molecule has 0 aliphatic heterocycles. The van der Waals surface area contributed by atoms with E-state index in [4.69, 9.17) is 5.73 Å². The van der Waals surface area contributed by atoms with Gasteiger partial charge in [-0.2, -0.15) is 0 Å². The first kappa shape index (κ1) is 15.8. The second-order valence-electron chi connectivity index (χ2n) is 5.14. The Kier molecular flexibility index (Phi) is 4.93. The van der Waals surface area contributed by atoms with Crippen molar-refractivity contribution in [3.8, 4) is 5.69 Å². The van der Waals surface area contributed by atoms with Crippen LogP contribution in [0.1, 0.15) is 18.3 Å². The quantitative estimate of drug-likeness (QED) is 0.506. The molecular formula is C16H20FN5. The van der Waals surface area contributed by atoms with Gasteiger partial charge in [0.05, 0.1) is 12.2 Å². The molecule has 22 heavy (non-hydrogen) atoms. The number of halogens is 1. The summed E-state index contributed by atoms with van der Waals surface area (Å²) in [6, 6.07) is 5.00. The minimum Gasteiger partial charge on any atom is -0.370 e. The fraction of sp³-hybridized carbons (Fsp3) is 0.250. The van der Waals surface area contributed by atoms with E-state index in [1.54, 1.807) is 23.0 Å². The summed E-state index contributed by atoms with van der Waals surface area (Å²) < 4.78 is 15.9. The summed E-state index contributed by atoms with van der Waals surface area (Å²) in [7, 11) is 0. The lowest BCUT2D eigenvalue weighted by atomic mass is 10.2. The normalized spacial score (nSPS) is 11.5. The Morgan fingerprint density at radius 3 is 2.86 bits per heavy atom. The number of imidazole rings is 1. The van der Waals surface area contributed by atoms with Crippen molar-refractivity contribution in [2.75, 3.05) is 6.54 Å². The first-order valence-corrected chi connectivity index (χ1v) is 6.94. The van der Waals surface area contributed by atoms with Gasteiger partial charge in [0, 0.05) is 18.9 Å². The van der Waals surface area contributed by atoms with Crippen molar-refractivity contribution in [1.82, 2.24) is 14.9 Å². The number of hydrogen-bond donors (Lipinski definition) is 2. The van der Waals surface area contributed by atoms with Gasteiger partial charge in [-0.3, -0.25) is 0 Å². The number of nitrogens with zero attached hydrogens (tertiary/aromatic N) is 3. The molecule has 0 unspecified atom stereocenters. The average Bonchev–Trinajstić information content (AvgIpc) is 2.89. The highest BCUT2D eigenvalue weighted by Crippen LogP contribution is 2.17. The zero-order valence-electron chi connectivity index (χ0n) is 12.8. The Morgan fingerprint density at radius 1 is 1.50 bits per heavy atom. The Labute approximate surface area is 129 Å². The van der Waals surface area contributed by atoms with E-state index in [-0.39, 0.29) is 5.82 Å². The number of nitrogens with one attached hydrogen (secondary N) is 1. The molecule has 6 heteroatoms. The number of guanidine groups is 1. The summed E-state index contributed by atoms with van der Waals surface area (Å²) >= 11 is 0.